The topological polar surface area (TPSA) is 94.0 Å². The first-order chi connectivity index (χ1) is 11.5. The van der Waals surface area contributed by atoms with Crippen LogP contribution in [0.2, 0.25) is 0 Å². The van der Waals surface area contributed by atoms with Crippen LogP contribution in [-0.4, -0.2) is 25.0 Å². The molecule has 1 heterocycles. The molecule has 6 nitrogen and oxygen atoms in total. The Hall–Kier alpha value is -2.85. The van der Waals surface area contributed by atoms with Gasteiger partial charge < -0.3 is 10.6 Å². The minimum absolute atomic E-state index is 0.00465. The first-order valence-corrected chi connectivity index (χ1v) is 8.27. The van der Waals surface area contributed by atoms with E-state index in [9.17, 15) is 9.59 Å². The van der Waals surface area contributed by atoms with Crippen LogP contribution in [0.15, 0.2) is 30.3 Å². The number of rotatable bonds is 5. The molecule has 0 radical (unpaired) electrons. The van der Waals surface area contributed by atoms with Gasteiger partial charge in [0.25, 0.3) is 0 Å². The van der Waals surface area contributed by atoms with Crippen LogP contribution in [0, 0.1) is 18.3 Å². The number of aryl methyl sites for hydroxylation is 1. The average Bonchev–Trinajstić information content (AvgIpc) is 3.03. The number of thiophene rings is 1. The van der Waals surface area contributed by atoms with Crippen LogP contribution >= 0.6 is 11.3 Å². The van der Waals surface area contributed by atoms with E-state index in [0.717, 1.165) is 21.7 Å². The molecule has 0 saturated heterocycles. The van der Waals surface area contributed by atoms with Crippen LogP contribution in [-0.2, 0) is 4.79 Å². The van der Waals surface area contributed by atoms with Gasteiger partial charge in [0.15, 0.2) is 0 Å². The van der Waals surface area contributed by atoms with Crippen molar-refractivity contribution < 1.29 is 9.59 Å². The van der Waals surface area contributed by atoms with Crippen molar-refractivity contribution in [2.24, 2.45) is 0 Å². The van der Waals surface area contributed by atoms with E-state index >= 15 is 0 Å². The first kappa shape index (κ1) is 17.5. The standard InChI is InChI=1S/C17H18N4O2S/c1-3-19-17(23)21-16(22)10-20-14-8-12(5-4-11(14)2)15-7-6-13(9-18)24-15/h4-8,20H,3,10H2,1-2H3,(H2,19,21,22,23). The molecule has 0 unspecified atom stereocenters. The molecule has 0 bridgehead atoms. The number of anilines is 1. The molecule has 0 spiro atoms. The molecule has 0 aliphatic carbocycles. The van der Waals surface area contributed by atoms with Gasteiger partial charge in [0.1, 0.15) is 10.9 Å². The molecule has 0 fully saturated rings. The van der Waals surface area contributed by atoms with Crippen molar-refractivity contribution in [1.82, 2.24) is 10.6 Å². The highest BCUT2D eigenvalue weighted by Gasteiger charge is 2.09. The van der Waals surface area contributed by atoms with Crippen LogP contribution in [0.25, 0.3) is 10.4 Å². The number of urea groups is 1. The molecule has 0 aliphatic rings. The van der Waals surface area contributed by atoms with Crippen molar-refractivity contribution in [2.45, 2.75) is 13.8 Å². The Bertz CT molecular complexity index is 792. The molecule has 0 saturated carbocycles. The number of imide groups is 1. The molecule has 2 aromatic rings. The van der Waals surface area contributed by atoms with E-state index in [1.54, 1.807) is 13.0 Å². The van der Waals surface area contributed by atoms with E-state index < -0.39 is 11.9 Å². The van der Waals surface area contributed by atoms with Crippen molar-refractivity contribution in [1.29, 1.82) is 5.26 Å². The first-order valence-electron chi connectivity index (χ1n) is 7.46. The van der Waals surface area contributed by atoms with Crippen LogP contribution in [0.1, 0.15) is 17.4 Å². The normalized spacial score (nSPS) is 9.88. The van der Waals surface area contributed by atoms with Gasteiger partial charge in [-0.3, -0.25) is 10.1 Å². The lowest BCUT2D eigenvalue weighted by Crippen LogP contribution is -2.41. The number of benzene rings is 1. The summed E-state index contributed by atoms with van der Waals surface area (Å²) in [5, 5.41) is 16.7. The zero-order valence-electron chi connectivity index (χ0n) is 13.5. The fourth-order valence-electron chi connectivity index (χ4n) is 2.07. The summed E-state index contributed by atoms with van der Waals surface area (Å²) in [6.07, 6.45) is 0. The van der Waals surface area contributed by atoms with Crippen molar-refractivity contribution >= 4 is 29.0 Å². The highest BCUT2D eigenvalue weighted by Crippen LogP contribution is 2.30. The molecule has 3 N–H and O–H groups in total. The van der Waals surface area contributed by atoms with E-state index in [2.05, 4.69) is 22.0 Å². The Morgan fingerprint density at radius 2 is 2.04 bits per heavy atom. The molecule has 0 aliphatic heterocycles. The van der Waals surface area contributed by atoms with E-state index in [1.165, 1.54) is 11.3 Å². The maximum atomic E-state index is 11.7. The van der Waals surface area contributed by atoms with Crippen molar-refractivity contribution in [3.05, 3.63) is 40.8 Å². The SMILES string of the molecule is CCNC(=O)NC(=O)CNc1cc(-c2ccc(C#N)s2)ccc1C. The van der Waals surface area contributed by atoms with Crippen LogP contribution in [0.3, 0.4) is 0 Å². The predicted molar refractivity (Wildman–Crippen MR) is 94.9 cm³/mol. The monoisotopic (exact) mass is 342 g/mol. The highest BCUT2D eigenvalue weighted by atomic mass is 32.1. The number of carbonyl (C=O) groups is 2. The summed E-state index contributed by atoms with van der Waals surface area (Å²) >= 11 is 1.42. The lowest BCUT2D eigenvalue weighted by molar-refractivity contribution is -0.118. The largest absolute Gasteiger partial charge is 0.376 e. The van der Waals surface area contributed by atoms with Gasteiger partial charge in [-0.25, -0.2) is 4.79 Å². The second-order valence-corrected chi connectivity index (χ2v) is 6.15. The predicted octanol–water partition coefficient (Wildman–Crippen LogP) is 2.85. The van der Waals surface area contributed by atoms with Crippen molar-refractivity contribution in [3.8, 4) is 16.5 Å². The van der Waals surface area contributed by atoms with Crippen LogP contribution in [0.5, 0.6) is 0 Å². The molecule has 0 atom stereocenters. The molecular weight excluding hydrogens is 324 g/mol. The number of carbonyl (C=O) groups excluding carboxylic acids is 2. The number of hydrogen-bond donors (Lipinski definition) is 3. The highest BCUT2D eigenvalue weighted by molar-refractivity contribution is 7.16. The molecule has 2 rings (SSSR count). The Kier molecular flexibility index (Phi) is 5.93. The van der Waals surface area contributed by atoms with Gasteiger partial charge in [0.05, 0.1) is 6.54 Å². The summed E-state index contributed by atoms with van der Waals surface area (Å²) in [6, 6.07) is 11.2. The molecule has 7 heteroatoms. The van der Waals surface area contributed by atoms with Gasteiger partial charge >= 0.3 is 6.03 Å². The summed E-state index contributed by atoms with van der Waals surface area (Å²) in [5.41, 5.74) is 2.77. The van der Waals surface area contributed by atoms with Crippen molar-refractivity contribution in [3.63, 3.8) is 0 Å². The number of amides is 3. The van der Waals surface area contributed by atoms with Gasteiger partial charge in [0, 0.05) is 17.1 Å². The summed E-state index contributed by atoms with van der Waals surface area (Å²) in [6.45, 7) is 4.16. The molecule has 1 aromatic carbocycles. The fourth-order valence-corrected chi connectivity index (χ4v) is 2.87. The second kappa shape index (κ2) is 8.13. The second-order valence-electron chi connectivity index (χ2n) is 5.07. The lowest BCUT2D eigenvalue weighted by atomic mass is 10.1. The zero-order valence-corrected chi connectivity index (χ0v) is 14.3. The van der Waals surface area contributed by atoms with Crippen LogP contribution in [0.4, 0.5) is 10.5 Å². The van der Waals surface area contributed by atoms with E-state index in [4.69, 9.17) is 5.26 Å². The van der Waals surface area contributed by atoms with E-state index in [-0.39, 0.29) is 6.54 Å². The Labute approximate surface area is 144 Å². The quantitative estimate of drug-likeness (QED) is 0.779. The summed E-state index contributed by atoms with van der Waals surface area (Å²) < 4.78 is 0. The fraction of sp³-hybridized carbons (Fsp3) is 0.235. The summed E-state index contributed by atoms with van der Waals surface area (Å²) in [4.78, 5) is 24.7. The van der Waals surface area contributed by atoms with Gasteiger partial charge in [0.2, 0.25) is 5.91 Å². The number of hydrogen-bond acceptors (Lipinski definition) is 5. The molecular formula is C17H18N4O2S. The Morgan fingerprint density at radius 3 is 2.71 bits per heavy atom. The number of nitrogens with zero attached hydrogens (tertiary/aromatic N) is 1. The average molecular weight is 342 g/mol. The third-order valence-corrected chi connectivity index (χ3v) is 4.31. The molecule has 124 valence electrons. The number of nitriles is 1. The number of nitrogens with one attached hydrogen (secondary N) is 3. The Morgan fingerprint density at radius 1 is 1.25 bits per heavy atom. The van der Waals surface area contributed by atoms with Gasteiger partial charge in [-0.2, -0.15) is 5.26 Å². The maximum absolute atomic E-state index is 11.7. The third-order valence-electron chi connectivity index (χ3n) is 3.27. The minimum atomic E-state index is -0.502. The van der Waals surface area contributed by atoms with E-state index in [1.807, 2.05) is 31.2 Å². The lowest BCUT2D eigenvalue weighted by Gasteiger charge is -2.11. The maximum Gasteiger partial charge on any atom is 0.321 e. The van der Waals surface area contributed by atoms with Crippen LogP contribution < -0.4 is 16.0 Å². The third kappa shape index (κ3) is 4.57. The molecule has 1 aromatic heterocycles. The smallest absolute Gasteiger partial charge is 0.321 e. The minimum Gasteiger partial charge on any atom is -0.376 e. The van der Waals surface area contributed by atoms with Gasteiger partial charge in [-0.05, 0) is 43.2 Å². The molecule has 3 amide bonds. The molecule has 24 heavy (non-hydrogen) atoms. The summed E-state index contributed by atoms with van der Waals surface area (Å²) in [5.74, 6) is -0.409. The van der Waals surface area contributed by atoms with Gasteiger partial charge in [-0.1, -0.05) is 12.1 Å². The van der Waals surface area contributed by atoms with Gasteiger partial charge in [-0.15, -0.1) is 11.3 Å². The zero-order chi connectivity index (χ0) is 17.5. The van der Waals surface area contributed by atoms with Crippen molar-refractivity contribution in [2.75, 3.05) is 18.4 Å². The Balaban J connectivity index is 2.05. The van der Waals surface area contributed by atoms with E-state index in [0.29, 0.717) is 11.4 Å². The summed E-state index contributed by atoms with van der Waals surface area (Å²) in [7, 11) is 0.